The molecule has 0 radical (unpaired) electrons. The van der Waals surface area contributed by atoms with Crippen molar-refractivity contribution in [3.63, 3.8) is 0 Å². The van der Waals surface area contributed by atoms with Gasteiger partial charge >= 0.3 is 11.9 Å². The summed E-state index contributed by atoms with van der Waals surface area (Å²) < 4.78 is 9.53. The number of carbonyl (C=O) groups excluding carboxylic acids is 2. The van der Waals surface area contributed by atoms with E-state index in [1.54, 1.807) is 49.1 Å². The number of pyridine rings is 2. The van der Waals surface area contributed by atoms with Crippen molar-refractivity contribution >= 4 is 23.3 Å². The zero-order valence-electron chi connectivity index (χ0n) is 13.1. The first kappa shape index (κ1) is 16.9. The molecule has 0 saturated heterocycles. The Hall–Kier alpha value is -3.42. The Morgan fingerprint density at radius 2 is 1.08 bits per heavy atom. The number of hydrogen-bond donors (Lipinski definition) is 2. The molecule has 0 unspecified atom stereocenters. The van der Waals surface area contributed by atoms with Crippen molar-refractivity contribution in [2.45, 2.75) is 0 Å². The summed E-state index contributed by atoms with van der Waals surface area (Å²) in [6.45, 7) is 0. The largest absolute Gasteiger partial charge is 0.464 e. The summed E-state index contributed by atoms with van der Waals surface area (Å²) in [6, 6.07) is 6.57. The van der Waals surface area contributed by atoms with E-state index in [1.807, 2.05) is 0 Å². The number of ether oxygens (including phenoxy) is 2. The van der Waals surface area contributed by atoms with Crippen molar-refractivity contribution in [1.29, 1.82) is 0 Å². The van der Waals surface area contributed by atoms with Crippen LogP contribution in [-0.2, 0) is 19.1 Å². The SMILES string of the molecule is COC(=O)/C(Nc1ccncc1)=C(/Nc1ccncc1)C(=O)OC. The number of nitrogens with one attached hydrogen (secondary N) is 2. The van der Waals surface area contributed by atoms with E-state index in [1.165, 1.54) is 14.2 Å². The molecular formula is C16H16N4O4. The van der Waals surface area contributed by atoms with Crippen molar-refractivity contribution in [3.05, 3.63) is 60.4 Å². The Kier molecular flexibility index (Phi) is 5.84. The highest BCUT2D eigenvalue weighted by molar-refractivity contribution is 6.04. The average molecular weight is 328 g/mol. The molecule has 0 aliphatic heterocycles. The summed E-state index contributed by atoms with van der Waals surface area (Å²) >= 11 is 0. The van der Waals surface area contributed by atoms with E-state index in [9.17, 15) is 9.59 Å². The van der Waals surface area contributed by atoms with Crippen LogP contribution in [0.5, 0.6) is 0 Å². The number of aromatic nitrogens is 2. The number of rotatable bonds is 6. The Morgan fingerprint density at radius 3 is 1.38 bits per heavy atom. The first-order valence-corrected chi connectivity index (χ1v) is 6.90. The summed E-state index contributed by atoms with van der Waals surface area (Å²) in [6.07, 6.45) is 6.19. The summed E-state index contributed by atoms with van der Waals surface area (Å²) in [5.74, 6) is -1.46. The molecule has 8 heteroatoms. The first-order valence-electron chi connectivity index (χ1n) is 6.90. The van der Waals surface area contributed by atoms with Crippen LogP contribution in [0.25, 0.3) is 0 Å². The van der Waals surface area contributed by atoms with Gasteiger partial charge in [0.2, 0.25) is 0 Å². The molecular weight excluding hydrogens is 312 g/mol. The molecule has 2 heterocycles. The number of hydrogen-bond acceptors (Lipinski definition) is 8. The van der Waals surface area contributed by atoms with Gasteiger partial charge in [-0.1, -0.05) is 0 Å². The highest BCUT2D eigenvalue weighted by atomic mass is 16.5. The van der Waals surface area contributed by atoms with Crippen molar-refractivity contribution in [2.75, 3.05) is 24.9 Å². The molecule has 2 rings (SSSR count). The molecule has 24 heavy (non-hydrogen) atoms. The fourth-order valence-electron chi connectivity index (χ4n) is 1.79. The third-order valence-electron chi connectivity index (χ3n) is 2.93. The lowest BCUT2D eigenvalue weighted by atomic mass is 10.2. The number of nitrogens with zero attached hydrogens (tertiary/aromatic N) is 2. The predicted octanol–water partition coefficient (Wildman–Crippen LogP) is 1.56. The smallest absolute Gasteiger partial charge is 0.356 e. The minimum atomic E-state index is -0.728. The molecule has 0 saturated carbocycles. The third-order valence-corrected chi connectivity index (χ3v) is 2.93. The van der Waals surface area contributed by atoms with Gasteiger partial charge < -0.3 is 20.1 Å². The van der Waals surface area contributed by atoms with Crippen LogP contribution >= 0.6 is 0 Å². The zero-order chi connectivity index (χ0) is 17.4. The van der Waals surface area contributed by atoms with E-state index >= 15 is 0 Å². The molecule has 2 aromatic heterocycles. The zero-order valence-corrected chi connectivity index (χ0v) is 13.1. The second-order valence-electron chi connectivity index (χ2n) is 4.45. The highest BCUT2D eigenvalue weighted by Crippen LogP contribution is 2.17. The minimum Gasteiger partial charge on any atom is -0.464 e. The lowest BCUT2D eigenvalue weighted by Crippen LogP contribution is -2.24. The Balaban J connectivity index is 2.46. The monoisotopic (exact) mass is 328 g/mol. The summed E-state index contributed by atoms with van der Waals surface area (Å²) in [5, 5.41) is 5.70. The van der Waals surface area contributed by atoms with Gasteiger partial charge in [0.25, 0.3) is 0 Å². The van der Waals surface area contributed by atoms with Crippen molar-refractivity contribution in [1.82, 2.24) is 9.97 Å². The van der Waals surface area contributed by atoms with E-state index < -0.39 is 11.9 Å². The van der Waals surface area contributed by atoms with Gasteiger partial charge in [-0.3, -0.25) is 9.97 Å². The van der Waals surface area contributed by atoms with E-state index in [0.717, 1.165) is 0 Å². The van der Waals surface area contributed by atoms with E-state index in [4.69, 9.17) is 9.47 Å². The van der Waals surface area contributed by atoms with E-state index in [2.05, 4.69) is 20.6 Å². The summed E-state index contributed by atoms with van der Waals surface area (Å²) in [7, 11) is 2.44. The maximum Gasteiger partial charge on any atom is 0.356 e. The maximum atomic E-state index is 12.2. The molecule has 0 amide bonds. The molecule has 0 aliphatic rings. The lowest BCUT2D eigenvalue weighted by Gasteiger charge is -2.15. The van der Waals surface area contributed by atoms with Gasteiger partial charge in [0.15, 0.2) is 11.4 Å². The van der Waals surface area contributed by atoms with Crippen molar-refractivity contribution < 1.29 is 19.1 Å². The second-order valence-corrected chi connectivity index (χ2v) is 4.45. The van der Waals surface area contributed by atoms with Gasteiger partial charge in [-0.05, 0) is 24.3 Å². The topological polar surface area (TPSA) is 102 Å². The third kappa shape index (κ3) is 4.29. The van der Waals surface area contributed by atoms with Crippen LogP contribution < -0.4 is 10.6 Å². The molecule has 0 aromatic carbocycles. The quantitative estimate of drug-likeness (QED) is 0.608. The molecule has 0 spiro atoms. The number of esters is 2. The van der Waals surface area contributed by atoms with Crippen LogP contribution in [0.4, 0.5) is 11.4 Å². The number of methoxy groups -OCH3 is 2. The highest BCUT2D eigenvalue weighted by Gasteiger charge is 2.23. The van der Waals surface area contributed by atoms with Crippen molar-refractivity contribution in [2.24, 2.45) is 0 Å². The average Bonchev–Trinajstić information content (AvgIpc) is 2.65. The normalized spacial score (nSPS) is 11.1. The van der Waals surface area contributed by atoms with Gasteiger partial charge in [-0.15, -0.1) is 0 Å². The Labute approximate surface area is 138 Å². The van der Waals surface area contributed by atoms with Crippen LogP contribution in [0.1, 0.15) is 0 Å². The molecule has 0 bridgehead atoms. The molecule has 8 nitrogen and oxygen atoms in total. The summed E-state index contributed by atoms with van der Waals surface area (Å²) in [4.78, 5) is 32.1. The van der Waals surface area contributed by atoms with Crippen LogP contribution in [0.3, 0.4) is 0 Å². The van der Waals surface area contributed by atoms with Gasteiger partial charge in [-0.25, -0.2) is 9.59 Å². The standard InChI is InChI=1S/C16H16N4O4/c1-23-15(21)13(19-11-3-7-17-8-4-11)14(16(22)24-2)20-12-5-9-18-10-6-12/h3-10H,1-2H3,(H,17,19)(H,18,20)/b14-13-. The number of carbonyl (C=O) groups is 2. The van der Waals surface area contributed by atoms with Gasteiger partial charge in [0.05, 0.1) is 14.2 Å². The molecule has 2 N–H and O–H groups in total. The fraction of sp³-hybridized carbons (Fsp3) is 0.125. The van der Waals surface area contributed by atoms with Crippen molar-refractivity contribution in [3.8, 4) is 0 Å². The Morgan fingerprint density at radius 1 is 0.750 bits per heavy atom. The molecule has 0 atom stereocenters. The number of anilines is 2. The minimum absolute atomic E-state index is 0.0904. The lowest BCUT2D eigenvalue weighted by molar-refractivity contribution is -0.139. The van der Waals surface area contributed by atoms with Crippen LogP contribution in [0.2, 0.25) is 0 Å². The van der Waals surface area contributed by atoms with Crippen LogP contribution in [0.15, 0.2) is 60.4 Å². The predicted molar refractivity (Wildman–Crippen MR) is 86.8 cm³/mol. The molecule has 0 fully saturated rings. The second kappa shape index (κ2) is 8.28. The summed E-state index contributed by atoms with van der Waals surface area (Å²) in [5.41, 5.74) is 0.936. The van der Waals surface area contributed by atoms with Gasteiger partial charge in [0, 0.05) is 36.2 Å². The molecule has 124 valence electrons. The maximum absolute atomic E-state index is 12.2. The van der Waals surface area contributed by atoms with Crippen LogP contribution in [0, 0.1) is 0 Å². The van der Waals surface area contributed by atoms with Gasteiger partial charge in [0.1, 0.15) is 0 Å². The fourth-order valence-corrected chi connectivity index (χ4v) is 1.79. The van der Waals surface area contributed by atoms with Crippen LogP contribution in [-0.4, -0.2) is 36.1 Å². The molecule has 2 aromatic rings. The van der Waals surface area contributed by atoms with E-state index in [0.29, 0.717) is 11.4 Å². The first-order chi connectivity index (χ1) is 11.7. The molecule has 0 aliphatic carbocycles. The Bertz CT molecular complexity index is 669. The van der Waals surface area contributed by atoms with E-state index in [-0.39, 0.29) is 11.4 Å². The van der Waals surface area contributed by atoms with Gasteiger partial charge in [-0.2, -0.15) is 0 Å².